The number of hydrogen-bond donors (Lipinski definition) is 2. The Labute approximate surface area is 124 Å². The Balaban J connectivity index is 3.36. The summed E-state index contributed by atoms with van der Waals surface area (Å²) in [5, 5.41) is 9.10. The molecule has 0 saturated heterocycles. The van der Waals surface area contributed by atoms with Crippen molar-refractivity contribution in [1.82, 2.24) is 0 Å². The Morgan fingerprint density at radius 3 is 1.80 bits per heavy atom. The lowest BCUT2D eigenvalue weighted by atomic mass is 10.0. The second kappa shape index (κ2) is 11.5. The Morgan fingerprint density at radius 2 is 1.30 bits per heavy atom. The topological polar surface area (TPSA) is 74.6 Å². The first-order valence-electron chi connectivity index (χ1n) is 8.02. The van der Waals surface area contributed by atoms with Crippen molar-refractivity contribution in [1.29, 1.82) is 0 Å². The van der Waals surface area contributed by atoms with Gasteiger partial charge >= 0.3 is 0 Å². The highest BCUT2D eigenvalue weighted by Gasteiger charge is 2.15. The standard InChI is InChI=1S/C15H32O4S/c1-3-4-8-12-15(16)13-10-7-5-6-9-11-14(2)20(17,18)19/h14-16H,3-13H2,1-2H3,(H,17,18,19). The molecular formula is C15H32O4S. The van der Waals surface area contributed by atoms with Gasteiger partial charge < -0.3 is 5.11 Å². The summed E-state index contributed by atoms with van der Waals surface area (Å²) in [7, 11) is -3.86. The molecular weight excluding hydrogens is 276 g/mol. The lowest BCUT2D eigenvalue weighted by molar-refractivity contribution is 0.147. The molecule has 2 atom stereocenters. The molecule has 5 heteroatoms. The van der Waals surface area contributed by atoms with E-state index in [0.29, 0.717) is 6.42 Å². The van der Waals surface area contributed by atoms with Gasteiger partial charge in [-0.2, -0.15) is 8.42 Å². The van der Waals surface area contributed by atoms with Gasteiger partial charge in [0.1, 0.15) is 0 Å². The zero-order chi connectivity index (χ0) is 15.4. The first-order valence-corrected chi connectivity index (χ1v) is 9.52. The molecule has 0 radical (unpaired) electrons. The van der Waals surface area contributed by atoms with Crippen LogP contribution < -0.4 is 0 Å². The first-order chi connectivity index (χ1) is 9.38. The molecule has 0 bridgehead atoms. The van der Waals surface area contributed by atoms with Gasteiger partial charge in [0.05, 0.1) is 11.4 Å². The summed E-state index contributed by atoms with van der Waals surface area (Å²) < 4.78 is 30.4. The van der Waals surface area contributed by atoms with Gasteiger partial charge in [-0.3, -0.25) is 4.55 Å². The van der Waals surface area contributed by atoms with Gasteiger partial charge in [-0.25, -0.2) is 0 Å². The minimum atomic E-state index is -3.86. The van der Waals surface area contributed by atoms with Crippen LogP contribution in [-0.4, -0.2) is 29.4 Å². The number of aliphatic hydroxyl groups is 1. The van der Waals surface area contributed by atoms with E-state index in [1.807, 2.05) is 0 Å². The van der Waals surface area contributed by atoms with Crippen molar-refractivity contribution in [2.45, 2.75) is 95.8 Å². The van der Waals surface area contributed by atoms with Crippen molar-refractivity contribution in [3.63, 3.8) is 0 Å². The van der Waals surface area contributed by atoms with Crippen LogP contribution in [0.2, 0.25) is 0 Å². The number of unbranched alkanes of at least 4 members (excludes halogenated alkanes) is 6. The normalized spacial score (nSPS) is 15.2. The van der Waals surface area contributed by atoms with Gasteiger partial charge in [0.2, 0.25) is 0 Å². The van der Waals surface area contributed by atoms with Crippen LogP contribution in [0.25, 0.3) is 0 Å². The molecule has 0 spiro atoms. The fourth-order valence-electron chi connectivity index (χ4n) is 2.27. The van der Waals surface area contributed by atoms with E-state index in [1.54, 1.807) is 6.92 Å². The monoisotopic (exact) mass is 308 g/mol. The highest BCUT2D eigenvalue weighted by atomic mass is 32.2. The average Bonchev–Trinajstić information content (AvgIpc) is 2.36. The van der Waals surface area contributed by atoms with Crippen LogP contribution >= 0.6 is 0 Å². The average molecular weight is 308 g/mol. The summed E-state index contributed by atoms with van der Waals surface area (Å²) >= 11 is 0. The van der Waals surface area contributed by atoms with Crippen LogP contribution in [0.1, 0.15) is 84.5 Å². The molecule has 2 unspecified atom stereocenters. The molecule has 2 N–H and O–H groups in total. The van der Waals surface area contributed by atoms with Gasteiger partial charge in [0.15, 0.2) is 0 Å². The third-order valence-electron chi connectivity index (χ3n) is 3.80. The van der Waals surface area contributed by atoms with E-state index in [4.69, 9.17) is 4.55 Å². The van der Waals surface area contributed by atoms with E-state index >= 15 is 0 Å². The van der Waals surface area contributed by atoms with Gasteiger partial charge in [0.25, 0.3) is 10.1 Å². The smallest absolute Gasteiger partial charge is 0.267 e. The van der Waals surface area contributed by atoms with Crippen molar-refractivity contribution in [3.05, 3.63) is 0 Å². The predicted octanol–water partition coefficient (Wildman–Crippen LogP) is 3.93. The van der Waals surface area contributed by atoms with E-state index in [0.717, 1.165) is 51.4 Å². The van der Waals surface area contributed by atoms with E-state index < -0.39 is 15.4 Å². The van der Waals surface area contributed by atoms with E-state index in [2.05, 4.69) is 6.92 Å². The molecule has 0 aromatic rings. The molecule has 0 aliphatic rings. The van der Waals surface area contributed by atoms with Crippen molar-refractivity contribution in [2.75, 3.05) is 0 Å². The second-order valence-electron chi connectivity index (χ2n) is 5.82. The van der Waals surface area contributed by atoms with Gasteiger partial charge in [-0.1, -0.05) is 58.3 Å². The molecule has 0 heterocycles. The van der Waals surface area contributed by atoms with E-state index in [-0.39, 0.29) is 6.10 Å². The van der Waals surface area contributed by atoms with E-state index in [1.165, 1.54) is 12.8 Å². The van der Waals surface area contributed by atoms with Crippen molar-refractivity contribution >= 4 is 10.1 Å². The number of rotatable bonds is 13. The summed E-state index contributed by atoms with van der Waals surface area (Å²) in [6.45, 7) is 3.71. The molecule has 4 nitrogen and oxygen atoms in total. The quantitative estimate of drug-likeness (QED) is 0.399. The third-order valence-corrected chi connectivity index (χ3v) is 5.05. The van der Waals surface area contributed by atoms with Crippen molar-refractivity contribution in [3.8, 4) is 0 Å². The lowest BCUT2D eigenvalue weighted by Gasteiger charge is -2.10. The lowest BCUT2D eigenvalue weighted by Crippen LogP contribution is -2.16. The molecule has 0 rings (SSSR count). The van der Waals surface area contributed by atoms with Crippen LogP contribution in [0.3, 0.4) is 0 Å². The predicted molar refractivity (Wildman–Crippen MR) is 83.5 cm³/mol. The molecule has 0 fully saturated rings. The maximum atomic E-state index is 10.8. The van der Waals surface area contributed by atoms with Crippen LogP contribution in [-0.2, 0) is 10.1 Å². The molecule has 0 aliphatic heterocycles. The molecule has 122 valence electrons. The molecule has 0 aliphatic carbocycles. The third kappa shape index (κ3) is 11.7. The molecule has 0 aromatic carbocycles. The van der Waals surface area contributed by atoms with Crippen LogP contribution in [0.15, 0.2) is 0 Å². The van der Waals surface area contributed by atoms with Crippen molar-refractivity contribution < 1.29 is 18.1 Å². The number of aliphatic hydroxyl groups excluding tert-OH is 1. The van der Waals surface area contributed by atoms with Gasteiger partial charge in [-0.15, -0.1) is 0 Å². The summed E-state index contributed by atoms with van der Waals surface area (Å²) in [5.41, 5.74) is 0. The first kappa shape index (κ1) is 19.9. The number of hydrogen-bond acceptors (Lipinski definition) is 3. The van der Waals surface area contributed by atoms with Gasteiger partial charge in [0, 0.05) is 0 Å². The summed E-state index contributed by atoms with van der Waals surface area (Å²) in [5.74, 6) is 0. The van der Waals surface area contributed by atoms with Crippen LogP contribution in [0, 0.1) is 0 Å². The second-order valence-corrected chi connectivity index (χ2v) is 7.65. The SMILES string of the molecule is CCCCCC(O)CCCCCCCC(C)S(=O)(=O)O. The summed E-state index contributed by atoms with van der Waals surface area (Å²) in [4.78, 5) is 0. The summed E-state index contributed by atoms with van der Waals surface area (Å²) in [6.07, 6.45) is 10.7. The Bertz CT molecular complexity index is 314. The Kier molecular flexibility index (Phi) is 11.4. The molecule has 20 heavy (non-hydrogen) atoms. The summed E-state index contributed by atoms with van der Waals surface area (Å²) in [6, 6.07) is 0. The fraction of sp³-hybridized carbons (Fsp3) is 1.00. The van der Waals surface area contributed by atoms with Crippen LogP contribution in [0.5, 0.6) is 0 Å². The Morgan fingerprint density at radius 1 is 0.850 bits per heavy atom. The maximum absolute atomic E-state index is 10.8. The molecule has 0 aromatic heterocycles. The molecule has 0 saturated carbocycles. The van der Waals surface area contributed by atoms with E-state index in [9.17, 15) is 13.5 Å². The van der Waals surface area contributed by atoms with Crippen molar-refractivity contribution in [2.24, 2.45) is 0 Å². The minimum Gasteiger partial charge on any atom is -0.393 e. The van der Waals surface area contributed by atoms with Crippen LogP contribution in [0.4, 0.5) is 0 Å². The minimum absolute atomic E-state index is 0.152. The highest BCUT2D eigenvalue weighted by Crippen LogP contribution is 2.14. The fourth-order valence-corrected chi connectivity index (χ4v) is 2.73. The molecule has 0 amide bonds. The van der Waals surface area contributed by atoms with Gasteiger partial charge in [-0.05, 0) is 26.2 Å². The zero-order valence-corrected chi connectivity index (χ0v) is 13.9. The zero-order valence-electron chi connectivity index (χ0n) is 13.1. The highest BCUT2D eigenvalue weighted by molar-refractivity contribution is 7.86. The largest absolute Gasteiger partial charge is 0.393 e. The Hall–Kier alpha value is -0.130. The maximum Gasteiger partial charge on any atom is 0.267 e.